The second kappa shape index (κ2) is 15.1. The molecule has 0 rings (SSSR count). The summed E-state index contributed by atoms with van der Waals surface area (Å²) in [7, 11) is 0. The zero-order chi connectivity index (χ0) is 25.7. The second-order valence-corrected chi connectivity index (χ2v) is 8.30. The smallest absolute Gasteiger partial charge is 0.326 e. The fourth-order valence-electron chi connectivity index (χ4n) is 2.87. The molecule has 10 N–H and O–H groups in total. The van der Waals surface area contributed by atoms with Crippen molar-refractivity contribution in [3.05, 3.63) is 0 Å². The number of amides is 3. The molecule has 5 atom stereocenters. The monoisotopic (exact) mass is 475 g/mol. The number of nitrogens with one attached hydrogen (secondary N) is 3. The Balaban J connectivity index is 5.54. The number of hydrogen-bond donors (Lipinski definition) is 8. The van der Waals surface area contributed by atoms with E-state index in [2.05, 4.69) is 16.0 Å². The van der Waals surface area contributed by atoms with Gasteiger partial charge in [-0.05, 0) is 45.1 Å². The summed E-state index contributed by atoms with van der Waals surface area (Å²) in [5, 5.41) is 34.9. The van der Waals surface area contributed by atoms with Crippen LogP contribution in [0.4, 0.5) is 0 Å². The third-order valence-corrected chi connectivity index (χ3v) is 4.74. The third kappa shape index (κ3) is 12.2. The highest BCUT2D eigenvalue weighted by Gasteiger charge is 2.32. The molecule has 0 aromatic carbocycles. The minimum absolute atomic E-state index is 0.0232. The summed E-state index contributed by atoms with van der Waals surface area (Å²) in [4.78, 5) is 60.3. The van der Waals surface area contributed by atoms with E-state index < -0.39 is 66.4 Å². The standard InChI is InChI=1S/C20H37N5O8/c1-10(2)8-14(20(32)33)25-17(29)12(6-4-5-7-21)23-18(30)13(9-15(27)28)24-19(31)16(22)11(3)26/h10-14,16,26H,4-9,21-22H2,1-3H3,(H,23,30)(H,24,31)(H,25,29)(H,27,28)(H,32,33). The summed E-state index contributed by atoms with van der Waals surface area (Å²) >= 11 is 0. The summed E-state index contributed by atoms with van der Waals surface area (Å²) in [6, 6.07) is -5.33. The van der Waals surface area contributed by atoms with Gasteiger partial charge >= 0.3 is 11.9 Å². The van der Waals surface area contributed by atoms with Crippen molar-refractivity contribution < 1.29 is 39.3 Å². The number of nitrogens with two attached hydrogens (primary N) is 2. The van der Waals surface area contributed by atoms with E-state index in [-0.39, 0.29) is 18.8 Å². The Kier molecular flexibility index (Phi) is 13.9. The molecule has 0 radical (unpaired) electrons. The minimum atomic E-state index is -1.57. The van der Waals surface area contributed by atoms with Gasteiger partial charge in [-0.1, -0.05) is 13.8 Å². The molecule has 0 spiro atoms. The van der Waals surface area contributed by atoms with Gasteiger partial charge in [0, 0.05) is 0 Å². The first kappa shape index (κ1) is 30.2. The summed E-state index contributed by atoms with van der Waals surface area (Å²) in [5.74, 6) is -5.31. The molecule has 190 valence electrons. The van der Waals surface area contributed by atoms with Gasteiger partial charge in [-0.2, -0.15) is 0 Å². The number of aliphatic hydroxyl groups excluding tert-OH is 1. The first-order chi connectivity index (χ1) is 15.3. The number of aliphatic carboxylic acids is 2. The molecule has 0 saturated heterocycles. The van der Waals surface area contributed by atoms with Gasteiger partial charge in [-0.25, -0.2) is 4.79 Å². The Morgan fingerprint density at radius 3 is 1.79 bits per heavy atom. The third-order valence-electron chi connectivity index (χ3n) is 4.74. The van der Waals surface area contributed by atoms with E-state index in [4.69, 9.17) is 16.6 Å². The van der Waals surface area contributed by atoms with Crippen LogP contribution in [0, 0.1) is 5.92 Å². The Hall–Kier alpha value is -2.77. The number of carbonyl (C=O) groups excluding carboxylic acids is 3. The highest BCUT2D eigenvalue weighted by atomic mass is 16.4. The molecule has 0 bridgehead atoms. The Morgan fingerprint density at radius 2 is 1.33 bits per heavy atom. The molecule has 13 nitrogen and oxygen atoms in total. The van der Waals surface area contributed by atoms with Crippen LogP contribution in [0.25, 0.3) is 0 Å². The maximum absolute atomic E-state index is 12.8. The Bertz CT molecular complexity index is 685. The molecule has 3 amide bonds. The zero-order valence-corrected chi connectivity index (χ0v) is 19.2. The van der Waals surface area contributed by atoms with E-state index in [0.717, 1.165) is 0 Å². The normalized spacial score (nSPS) is 15.6. The maximum atomic E-state index is 12.8. The average Bonchev–Trinajstić information content (AvgIpc) is 2.70. The van der Waals surface area contributed by atoms with Gasteiger partial charge in [-0.3, -0.25) is 19.2 Å². The fraction of sp³-hybridized carbons (Fsp3) is 0.750. The van der Waals surface area contributed by atoms with Crippen molar-refractivity contribution in [3.8, 4) is 0 Å². The van der Waals surface area contributed by atoms with Crippen molar-refractivity contribution in [3.63, 3.8) is 0 Å². The van der Waals surface area contributed by atoms with Gasteiger partial charge in [0.2, 0.25) is 17.7 Å². The number of carbonyl (C=O) groups is 5. The highest BCUT2D eigenvalue weighted by Crippen LogP contribution is 2.08. The van der Waals surface area contributed by atoms with Gasteiger partial charge in [-0.15, -0.1) is 0 Å². The van der Waals surface area contributed by atoms with Crippen LogP contribution in [0.3, 0.4) is 0 Å². The van der Waals surface area contributed by atoms with Crippen molar-refractivity contribution in [2.45, 2.75) is 83.1 Å². The number of rotatable bonds is 16. The molecule has 13 heteroatoms. The van der Waals surface area contributed by atoms with Gasteiger partial charge < -0.3 is 42.7 Å². The lowest BCUT2D eigenvalue weighted by Gasteiger charge is -2.25. The Labute approximate surface area is 192 Å². The first-order valence-corrected chi connectivity index (χ1v) is 10.8. The zero-order valence-electron chi connectivity index (χ0n) is 19.2. The number of carboxylic acid groups (broad SMARTS) is 2. The van der Waals surface area contributed by atoms with Crippen LogP contribution in [-0.2, 0) is 24.0 Å². The number of carboxylic acids is 2. The molecule has 0 aliphatic heterocycles. The lowest BCUT2D eigenvalue weighted by molar-refractivity contribution is -0.143. The van der Waals surface area contributed by atoms with E-state index in [1.807, 2.05) is 0 Å². The molecule has 0 aliphatic rings. The van der Waals surface area contributed by atoms with E-state index in [1.165, 1.54) is 6.92 Å². The molecular weight excluding hydrogens is 438 g/mol. The van der Waals surface area contributed by atoms with Gasteiger partial charge in [0.15, 0.2) is 0 Å². The molecule has 0 aromatic rings. The predicted octanol–water partition coefficient (Wildman–Crippen LogP) is -2.12. The lowest BCUT2D eigenvalue weighted by atomic mass is 10.0. The summed E-state index contributed by atoms with van der Waals surface area (Å²) < 4.78 is 0. The van der Waals surface area contributed by atoms with Crippen LogP contribution in [-0.4, -0.2) is 81.8 Å². The SMILES string of the molecule is CC(C)CC(NC(=O)C(CCCCN)NC(=O)C(CC(=O)O)NC(=O)C(N)C(C)O)C(=O)O. The largest absolute Gasteiger partial charge is 0.481 e. The Morgan fingerprint density at radius 1 is 0.818 bits per heavy atom. The van der Waals surface area contributed by atoms with E-state index in [1.54, 1.807) is 13.8 Å². The lowest BCUT2D eigenvalue weighted by Crippen LogP contribution is -2.58. The average molecular weight is 476 g/mol. The van der Waals surface area contributed by atoms with Crippen LogP contribution in [0.2, 0.25) is 0 Å². The molecule has 0 fully saturated rings. The topological polar surface area (TPSA) is 234 Å². The minimum Gasteiger partial charge on any atom is -0.481 e. The molecule has 0 saturated carbocycles. The van der Waals surface area contributed by atoms with Crippen LogP contribution in [0.5, 0.6) is 0 Å². The molecule has 33 heavy (non-hydrogen) atoms. The highest BCUT2D eigenvalue weighted by molar-refractivity contribution is 5.95. The second-order valence-electron chi connectivity index (χ2n) is 8.30. The van der Waals surface area contributed by atoms with E-state index >= 15 is 0 Å². The number of hydrogen-bond acceptors (Lipinski definition) is 8. The quantitative estimate of drug-likeness (QED) is 0.113. The van der Waals surface area contributed by atoms with Gasteiger partial charge in [0.05, 0.1) is 12.5 Å². The molecule has 5 unspecified atom stereocenters. The molecular formula is C20H37N5O8. The number of aliphatic hydroxyl groups is 1. The first-order valence-electron chi connectivity index (χ1n) is 10.8. The van der Waals surface area contributed by atoms with E-state index in [0.29, 0.717) is 19.4 Å². The van der Waals surface area contributed by atoms with Crippen molar-refractivity contribution in [1.29, 1.82) is 0 Å². The van der Waals surface area contributed by atoms with Crippen molar-refractivity contribution in [2.24, 2.45) is 17.4 Å². The summed E-state index contributed by atoms with van der Waals surface area (Å²) in [5.41, 5.74) is 11.0. The van der Waals surface area contributed by atoms with Crippen LogP contribution < -0.4 is 27.4 Å². The van der Waals surface area contributed by atoms with Crippen molar-refractivity contribution in [1.82, 2.24) is 16.0 Å². The predicted molar refractivity (Wildman–Crippen MR) is 118 cm³/mol. The fourth-order valence-corrected chi connectivity index (χ4v) is 2.87. The molecule has 0 aromatic heterocycles. The van der Waals surface area contributed by atoms with Crippen molar-refractivity contribution >= 4 is 29.7 Å². The number of unbranched alkanes of at least 4 members (excludes halogenated alkanes) is 1. The van der Waals surface area contributed by atoms with Gasteiger partial charge in [0.25, 0.3) is 0 Å². The molecule has 0 heterocycles. The summed E-state index contributed by atoms with van der Waals surface area (Å²) in [6.45, 7) is 5.17. The maximum Gasteiger partial charge on any atom is 0.326 e. The van der Waals surface area contributed by atoms with Crippen LogP contribution in [0.15, 0.2) is 0 Å². The van der Waals surface area contributed by atoms with Gasteiger partial charge in [0.1, 0.15) is 24.2 Å². The van der Waals surface area contributed by atoms with E-state index in [9.17, 15) is 34.2 Å². The van der Waals surface area contributed by atoms with Crippen LogP contribution >= 0.6 is 0 Å². The van der Waals surface area contributed by atoms with Crippen molar-refractivity contribution in [2.75, 3.05) is 6.54 Å². The van der Waals surface area contributed by atoms with Crippen LogP contribution in [0.1, 0.15) is 52.9 Å². The molecule has 0 aliphatic carbocycles. The summed E-state index contributed by atoms with van der Waals surface area (Å²) in [6.07, 6.45) is -0.802.